The van der Waals surface area contributed by atoms with Crippen molar-refractivity contribution in [2.75, 3.05) is 32.9 Å². The normalized spacial score (nSPS) is 25.1. The molecule has 0 unspecified atom stereocenters. The first-order chi connectivity index (χ1) is 14.7. The van der Waals surface area contributed by atoms with E-state index in [1.54, 1.807) is 0 Å². The number of hydrogen-bond acceptors (Lipinski definition) is 6. The molecule has 172 valence electrons. The summed E-state index contributed by atoms with van der Waals surface area (Å²) < 4.78 is 51.1. The van der Waals surface area contributed by atoms with Gasteiger partial charge in [0, 0.05) is 19.1 Å². The Labute approximate surface area is 182 Å². The van der Waals surface area contributed by atoms with E-state index >= 15 is 0 Å². The third kappa shape index (κ3) is 5.61. The lowest BCUT2D eigenvalue weighted by molar-refractivity contribution is -0.125. The van der Waals surface area contributed by atoms with Crippen LogP contribution in [0.5, 0.6) is 0 Å². The van der Waals surface area contributed by atoms with Crippen molar-refractivity contribution in [1.82, 2.24) is 9.62 Å². The Kier molecular flexibility index (Phi) is 7.66. The average Bonchev–Trinajstić information content (AvgIpc) is 2.76. The van der Waals surface area contributed by atoms with E-state index in [-0.39, 0.29) is 37.2 Å². The zero-order valence-corrected chi connectivity index (χ0v) is 18.6. The largest absolute Gasteiger partial charge is 0.452 e. The third-order valence-corrected chi connectivity index (χ3v) is 8.05. The molecule has 1 aromatic rings. The second-order valence-corrected chi connectivity index (χ2v) is 10.1. The first kappa shape index (κ1) is 23.6. The minimum absolute atomic E-state index is 0.00804. The van der Waals surface area contributed by atoms with Gasteiger partial charge in [-0.2, -0.15) is 4.31 Å². The van der Waals surface area contributed by atoms with Gasteiger partial charge in [0.05, 0.1) is 23.7 Å². The van der Waals surface area contributed by atoms with Crippen LogP contribution in [-0.4, -0.2) is 63.6 Å². The van der Waals surface area contributed by atoms with E-state index in [9.17, 15) is 22.4 Å². The van der Waals surface area contributed by atoms with Crippen LogP contribution < -0.4 is 5.32 Å². The van der Waals surface area contributed by atoms with Gasteiger partial charge in [-0.3, -0.25) is 4.79 Å². The lowest BCUT2D eigenvalue weighted by atomic mass is 9.78. The fourth-order valence-electron chi connectivity index (χ4n) is 4.00. The zero-order chi connectivity index (χ0) is 22.6. The molecule has 8 nitrogen and oxygen atoms in total. The van der Waals surface area contributed by atoms with E-state index in [1.807, 2.05) is 0 Å². The van der Waals surface area contributed by atoms with E-state index in [4.69, 9.17) is 9.47 Å². The van der Waals surface area contributed by atoms with Gasteiger partial charge in [-0.05, 0) is 36.5 Å². The molecule has 0 aromatic heterocycles. The molecule has 1 saturated carbocycles. The molecule has 31 heavy (non-hydrogen) atoms. The van der Waals surface area contributed by atoms with E-state index in [0.29, 0.717) is 11.8 Å². The summed E-state index contributed by atoms with van der Waals surface area (Å²) in [6, 6.07) is 2.98. The quantitative estimate of drug-likeness (QED) is 0.657. The molecule has 1 amide bonds. The molecule has 1 aromatic carbocycles. The Morgan fingerprint density at radius 3 is 2.65 bits per heavy atom. The third-order valence-electron chi connectivity index (χ3n) is 6.15. The number of carbonyl (C=O) groups excluding carboxylic acids is 2. The van der Waals surface area contributed by atoms with Crippen molar-refractivity contribution >= 4 is 21.9 Å². The summed E-state index contributed by atoms with van der Waals surface area (Å²) in [5.74, 6) is -1.66. The highest BCUT2D eigenvalue weighted by molar-refractivity contribution is 7.89. The highest BCUT2D eigenvalue weighted by Gasteiger charge is 2.30. The SMILES string of the molecule is C[C@H]1[C@H](C)CCC[C@H]1NC(=O)COC(=O)c1cc(S(=O)(=O)N2CCOCC2)ccc1F. The van der Waals surface area contributed by atoms with Gasteiger partial charge in [-0.15, -0.1) is 0 Å². The maximum atomic E-state index is 14.2. The van der Waals surface area contributed by atoms with Crippen molar-refractivity contribution in [1.29, 1.82) is 0 Å². The fraction of sp³-hybridized carbons (Fsp3) is 0.619. The number of benzene rings is 1. The maximum absolute atomic E-state index is 14.2. The van der Waals surface area contributed by atoms with Crippen molar-refractivity contribution < 1.29 is 31.9 Å². The van der Waals surface area contributed by atoms with Crippen molar-refractivity contribution in [2.45, 2.75) is 44.0 Å². The Hall–Kier alpha value is -2.04. The molecule has 10 heteroatoms. The number of morpholine rings is 1. The molecule has 1 N–H and O–H groups in total. The van der Waals surface area contributed by atoms with E-state index in [2.05, 4.69) is 19.2 Å². The zero-order valence-electron chi connectivity index (χ0n) is 17.8. The summed E-state index contributed by atoms with van der Waals surface area (Å²) in [4.78, 5) is 24.4. The molecule has 1 saturated heterocycles. The van der Waals surface area contributed by atoms with Crippen LogP contribution in [0, 0.1) is 17.7 Å². The second-order valence-electron chi connectivity index (χ2n) is 8.18. The van der Waals surface area contributed by atoms with Crippen LogP contribution in [-0.2, 0) is 24.3 Å². The summed E-state index contributed by atoms with van der Waals surface area (Å²) in [7, 11) is -3.90. The van der Waals surface area contributed by atoms with E-state index in [1.165, 1.54) is 4.31 Å². The van der Waals surface area contributed by atoms with Gasteiger partial charge < -0.3 is 14.8 Å². The highest BCUT2D eigenvalue weighted by Crippen LogP contribution is 2.29. The van der Waals surface area contributed by atoms with Gasteiger partial charge in [-0.1, -0.05) is 26.7 Å². The number of nitrogens with one attached hydrogen (secondary N) is 1. The molecule has 3 atom stereocenters. The molecule has 3 rings (SSSR count). The minimum atomic E-state index is -3.90. The smallest absolute Gasteiger partial charge is 0.341 e. The Bertz CT molecular complexity index is 916. The van der Waals surface area contributed by atoms with Gasteiger partial charge in [0.15, 0.2) is 6.61 Å². The van der Waals surface area contributed by atoms with Gasteiger partial charge in [-0.25, -0.2) is 17.6 Å². The van der Waals surface area contributed by atoms with Gasteiger partial charge in [0.2, 0.25) is 10.0 Å². The van der Waals surface area contributed by atoms with Crippen LogP contribution in [0.15, 0.2) is 23.1 Å². The van der Waals surface area contributed by atoms with Crippen molar-refractivity contribution in [3.05, 3.63) is 29.6 Å². The van der Waals surface area contributed by atoms with Crippen LogP contribution in [0.2, 0.25) is 0 Å². The fourth-order valence-corrected chi connectivity index (χ4v) is 5.44. The highest BCUT2D eigenvalue weighted by atomic mass is 32.2. The van der Waals surface area contributed by atoms with Gasteiger partial charge in [0.1, 0.15) is 5.82 Å². The Morgan fingerprint density at radius 2 is 1.94 bits per heavy atom. The molecule has 0 radical (unpaired) electrons. The number of sulfonamides is 1. The predicted molar refractivity (Wildman–Crippen MR) is 110 cm³/mol. The van der Waals surface area contributed by atoms with E-state index < -0.39 is 39.9 Å². The predicted octanol–water partition coefficient (Wildman–Crippen LogP) is 1.94. The molecule has 1 aliphatic heterocycles. The number of ether oxygens (including phenoxy) is 2. The molecule has 0 spiro atoms. The number of nitrogens with zero attached hydrogens (tertiary/aromatic N) is 1. The lowest BCUT2D eigenvalue weighted by Gasteiger charge is -2.34. The first-order valence-electron chi connectivity index (χ1n) is 10.5. The summed E-state index contributed by atoms with van der Waals surface area (Å²) >= 11 is 0. The van der Waals surface area contributed by atoms with Crippen molar-refractivity contribution in [3.63, 3.8) is 0 Å². The molecule has 2 aliphatic rings. The van der Waals surface area contributed by atoms with Gasteiger partial charge in [0.25, 0.3) is 5.91 Å². The van der Waals surface area contributed by atoms with E-state index in [0.717, 1.165) is 37.5 Å². The minimum Gasteiger partial charge on any atom is -0.452 e. The topological polar surface area (TPSA) is 102 Å². The second kappa shape index (κ2) is 10.1. The van der Waals surface area contributed by atoms with Gasteiger partial charge >= 0.3 is 5.97 Å². The summed E-state index contributed by atoms with van der Waals surface area (Å²) in [6.45, 7) is 4.55. The molecule has 0 bridgehead atoms. The lowest BCUT2D eigenvalue weighted by Crippen LogP contribution is -2.45. The van der Waals surface area contributed by atoms with Crippen molar-refractivity contribution in [3.8, 4) is 0 Å². The van der Waals surface area contributed by atoms with Crippen LogP contribution in [0.3, 0.4) is 0 Å². The van der Waals surface area contributed by atoms with Crippen LogP contribution >= 0.6 is 0 Å². The number of amides is 1. The first-order valence-corrected chi connectivity index (χ1v) is 12.0. The molecular weight excluding hydrogens is 427 g/mol. The maximum Gasteiger partial charge on any atom is 0.341 e. The molecule has 1 aliphatic carbocycles. The average molecular weight is 457 g/mol. The number of halogens is 1. The Balaban J connectivity index is 1.63. The number of rotatable bonds is 6. The summed E-state index contributed by atoms with van der Waals surface area (Å²) in [5.41, 5.74) is -0.526. The van der Waals surface area contributed by atoms with Crippen molar-refractivity contribution in [2.24, 2.45) is 11.8 Å². The monoisotopic (exact) mass is 456 g/mol. The molecular formula is C21H29FN2O6S. The summed E-state index contributed by atoms with van der Waals surface area (Å²) in [5, 5.41) is 2.87. The molecule has 1 heterocycles. The summed E-state index contributed by atoms with van der Waals surface area (Å²) in [6.07, 6.45) is 3.00. The van der Waals surface area contributed by atoms with Crippen LogP contribution in [0.25, 0.3) is 0 Å². The number of carbonyl (C=O) groups is 2. The van der Waals surface area contributed by atoms with Crippen LogP contribution in [0.4, 0.5) is 4.39 Å². The Morgan fingerprint density at radius 1 is 1.23 bits per heavy atom. The van der Waals surface area contributed by atoms with Crippen LogP contribution in [0.1, 0.15) is 43.5 Å². The molecule has 2 fully saturated rings. The number of esters is 1. The standard InChI is InChI=1S/C21H29FN2O6S/c1-14-4-3-5-19(15(14)2)23-20(25)13-30-21(26)17-12-16(6-7-18(17)22)31(27,28)24-8-10-29-11-9-24/h6-7,12,14-15,19H,3-5,8-11,13H2,1-2H3,(H,23,25)/t14-,15+,19-/m1/s1. The number of hydrogen-bond donors (Lipinski definition) is 1.